The van der Waals surface area contributed by atoms with Gasteiger partial charge in [-0.1, -0.05) is 0 Å². The first-order valence-corrected chi connectivity index (χ1v) is 8.25. The molecule has 0 spiro atoms. The van der Waals surface area contributed by atoms with Gasteiger partial charge in [0.05, 0.1) is 7.11 Å². The summed E-state index contributed by atoms with van der Waals surface area (Å²) in [6.07, 6.45) is 3.18. The molecule has 7 nitrogen and oxygen atoms in total. The Labute approximate surface area is 147 Å². The molecule has 1 aliphatic rings. The molecule has 25 heavy (non-hydrogen) atoms. The summed E-state index contributed by atoms with van der Waals surface area (Å²) in [7, 11) is 1.65. The van der Waals surface area contributed by atoms with E-state index in [0.717, 1.165) is 44.2 Å². The lowest BCUT2D eigenvalue weighted by Crippen LogP contribution is -2.48. The lowest BCUT2D eigenvalue weighted by molar-refractivity contribution is 0.200. The molecule has 1 fully saturated rings. The third kappa shape index (κ3) is 4.37. The van der Waals surface area contributed by atoms with Crippen LogP contribution in [-0.4, -0.2) is 61.3 Å². The highest BCUT2D eigenvalue weighted by molar-refractivity contribution is 5.49. The minimum absolute atomic E-state index is 0.388. The first-order valence-electron chi connectivity index (χ1n) is 8.25. The van der Waals surface area contributed by atoms with Gasteiger partial charge in [-0.05, 0) is 24.3 Å². The van der Waals surface area contributed by atoms with E-state index in [1.54, 1.807) is 19.5 Å². The zero-order valence-electron chi connectivity index (χ0n) is 14.3. The van der Waals surface area contributed by atoms with Crippen molar-refractivity contribution in [1.82, 2.24) is 14.9 Å². The third-order valence-corrected chi connectivity index (χ3v) is 4.19. The smallest absolute Gasteiger partial charge is 0.183 e. The fourth-order valence-corrected chi connectivity index (χ4v) is 2.79. The normalized spacial score (nSPS) is 14.8. The van der Waals surface area contributed by atoms with E-state index in [1.165, 1.54) is 0 Å². The number of nitrogens with zero attached hydrogens (tertiary/aromatic N) is 5. The van der Waals surface area contributed by atoms with Gasteiger partial charge in [-0.25, -0.2) is 9.97 Å². The highest BCUT2D eigenvalue weighted by Gasteiger charge is 2.20. The van der Waals surface area contributed by atoms with Crippen LogP contribution in [-0.2, 0) is 0 Å². The second-order valence-corrected chi connectivity index (χ2v) is 5.69. The molecule has 1 saturated heterocycles. The average molecular weight is 339 g/mol. The molecular formula is C18H21N5O2. The van der Waals surface area contributed by atoms with Crippen LogP contribution in [0.15, 0.2) is 36.7 Å². The van der Waals surface area contributed by atoms with Crippen LogP contribution in [0, 0.1) is 11.3 Å². The summed E-state index contributed by atoms with van der Waals surface area (Å²) in [5, 5.41) is 9.14. The van der Waals surface area contributed by atoms with Gasteiger partial charge in [-0.15, -0.1) is 0 Å². The van der Waals surface area contributed by atoms with Crippen molar-refractivity contribution in [3.05, 3.63) is 42.4 Å². The lowest BCUT2D eigenvalue weighted by Gasteiger charge is -2.35. The van der Waals surface area contributed by atoms with Crippen LogP contribution in [0.2, 0.25) is 0 Å². The van der Waals surface area contributed by atoms with Gasteiger partial charge in [0.15, 0.2) is 11.5 Å². The zero-order valence-corrected chi connectivity index (χ0v) is 14.3. The Bertz CT molecular complexity index is 721. The molecule has 7 heteroatoms. The lowest BCUT2D eigenvalue weighted by atomic mass is 10.3. The Kier molecular flexibility index (Phi) is 5.65. The summed E-state index contributed by atoms with van der Waals surface area (Å²) in [6, 6.07) is 9.71. The molecule has 0 N–H and O–H groups in total. The molecule has 0 amide bonds. The molecule has 0 radical (unpaired) electrons. The van der Waals surface area contributed by atoms with Gasteiger partial charge in [-0.3, -0.25) is 4.90 Å². The van der Waals surface area contributed by atoms with Crippen LogP contribution < -0.4 is 14.4 Å². The number of aromatic nitrogens is 2. The number of benzene rings is 1. The van der Waals surface area contributed by atoms with Crippen LogP contribution in [0.5, 0.6) is 11.5 Å². The van der Waals surface area contributed by atoms with E-state index in [4.69, 9.17) is 14.7 Å². The summed E-state index contributed by atoms with van der Waals surface area (Å²) < 4.78 is 10.9. The zero-order chi connectivity index (χ0) is 17.5. The van der Waals surface area contributed by atoms with Crippen molar-refractivity contribution in [2.45, 2.75) is 0 Å². The number of rotatable bonds is 6. The van der Waals surface area contributed by atoms with E-state index in [0.29, 0.717) is 18.1 Å². The third-order valence-electron chi connectivity index (χ3n) is 4.19. The molecule has 0 unspecified atom stereocenters. The Morgan fingerprint density at radius 1 is 1.04 bits per heavy atom. The second kappa shape index (κ2) is 8.31. The Morgan fingerprint density at radius 2 is 1.72 bits per heavy atom. The first-order chi connectivity index (χ1) is 12.3. The van der Waals surface area contributed by atoms with Gasteiger partial charge >= 0.3 is 0 Å². The average Bonchev–Trinajstić information content (AvgIpc) is 2.69. The first kappa shape index (κ1) is 17.0. The number of anilines is 1. The highest BCUT2D eigenvalue weighted by atomic mass is 16.5. The number of nitriles is 1. The predicted molar refractivity (Wildman–Crippen MR) is 93.9 cm³/mol. The largest absolute Gasteiger partial charge is 0.497 e. The van der Waals surface area contributed by atoms with Crippen molar-refractivity contribution in [3.63, 3.8) is 0 Å². The monoisotopic (exact) mass is 339 g/mol. The van der Waals surface area contributed by atoms with Crippen LogP contribution in [0.1, 0.15) is 5.69 Å². The van der Waals surface area contributed by atoms with Gasteiger partial charge in [0, 0.05) is 45.1 Å². The van der Waals surface area contributed by atoms with Crippen molar-refractivity contribution in [1.29, 1.82) is 5.26 Å². The molecule has 0 bridgehead atoms. The maximum Gasteiger partial charge on any atom is 0.183 e. The molecule has 0 atom stereocenters. The molecule has 0 saturated carbocycles. The molecule has 1 aliphatic heterocycles. The Hall–Kier alpha value is -2.85. The number of hydrogen-bond donors (Lipinski definition) is 0. The molecule has 2 heterocycles. The van der Waals surface area contributed by atoms with Crippen LogP contribution in [0.3, 0.4) is 0 Å². The summed E-state index contributed by atoms with van der Waals surface area (Å²) in [5.74, 6) is 2.35. The molecule has 130 valence electrons. The fourth-order valence-electron chi connectivity index (χ4n) is 2.79. The van der Waals surface area contributed by atoms with E-state index in [1.807, 2.05) is 24.3 Å². The van der Waals surface area contributed by atoms with Gasteiger partial charge < -0.3 is 14.4 Å². The van der Waals surface area contributed by atoms with Crippen molar-refractivity contribution in [2.24, 2.45) is 0 Å². The maximum atomic E-state index is 9.14. The minimum atomic E-state index is 0.388. The van der Waals surface area contributed by atoms with Crippen molar-refractivity contribution in [3.8, 4) is 17.6 Å². The number of ether oxygens (including phenoxy) is 2. The van der Waals surface area contributed by atoms with Crippen LogP contribution >= 0.6 is 0 Å². The van der Waals surface area contributed by atoms with Crippen molar-refractivity contribution in [2.75, 3.05) is 51.3 Å². The maximum absolute atomic E-state index is 9.14. The predicted octanol–water partition coefficient (Wildman–Crippen LogP) is 1.56. The summed E-state index contributed by atoms with van der Waals surface area (Å²) in [4.78, 5) is 12.8. The number of hydrogen-bond acceptors (Lipinski definition) is 7. The van der Waals surface area contributed by atoms with Crippen LogP contribution in [0.4, 0.5) is 5.82 Å². The SMILES string of the molecule is COc1ccc(OCCN2CCN(c3nccnc3C#N)CC2)cc1. The molecule has 3 rings (SSSR count). The number of piperazine rings is 1. The fraction of sp³-hybridized carbons (Fsp3) is 0.389. The molecule has 1 aromatic heterocycles. The second-order valence-electron chi connectivity index (χ2n) is 5.69. The summed E-state index contributed by atoms with van der Waals surface area (Å²) in [6.45, 7) is 4.99. The highest BCUT2D eigenvalue weighted by Crippen LogP contribution is 2.18. The molecule has 0 aliphatic carbocycles. The topological polar surface area (TPSA) is 74.5 Å². The van der Waals surface area contributed by atoms with E-state index in [-0.39, 0.29) is 0 Å². The van der Waals surface area contributed by atoms with Gasteiger partial charge in [-0.2, -0.15) is 5.26 Å². The minimum Gasteiger partial charge on any atom is -0.497 e. The Morgan fingerprint density at radius 3 is 2.40 bits per heavy atom. The molecule has 1 aromatic carbocycles. The number of methoxy groups -OCH3 is 1. The van der Waals surface area contributed by atoms with Gasteiger partial charge in [0.2, 0.25) is 0 Å². The van der Waals surface area contributed by atoms with Gasteiger partial charge in [0.1, 0.15) is 24.2 Å². The quantitative estimate of drug-likeness (QED) is 0.790. The van der Waals surface area contributed by atoms with E-state index >= 15 is 0 Å². The molecular weight excluding hydrogens is 318 g/mol. The van der Waals surface area contributed by atoms with Gasteiger partial charge in [0.25, 0.3) is 0 Å². The van der Waals surface area contributed by atoms with E-state index < -0.39 is 0 Å². The standard InChI is InChI=1S/C18H21N5O2/c1-24-15-2-4-16(5-3-15)25-13-12-22-8-10-23(11-9-22)18-17(14-19)20-6-7-21-18/h2-7H,8-13H2,1H3. The summed E-state index contributed by atoms with van der Waals surface area (Å²) >= 11 is 0. The summed E-state index contributed by atoms with van der Waals surface area (Å²) in [5.41, 5.74) is 0.388. The van der Waals surface area contributed by atoms with E-state index in [2.05, 4.69) is 25.8 Å². The Balaban J connectivity index is 1.44. The van der Waals surface area contributed by atoms with Crippen molar-refractivity contribution < 1.29 is 9.47 Å². The van der Waals surface area contributed by atoms with Crippen molar-refractivity contribution >= 4 is 5.82 Å². The van der Waals surface area contributed by atoms with Crippen LogP contribution in [0.25, 0.3) is 0 Å². The van der Waals surface area contributed by atoms with E-state index in [9.17, 15) is 0 Å². The molecule has 2 aromatic rings.